The molecule has 23 heavy (non-hydrogen) atoms. The molecule has 7 nitrogen and oxygen atoms in total. The number of hydrogen-bond donors (Lipinski definition) is 1. The predicted molar refractivity (Wildman–Crippen MR) is 89.9 cm³/mol. The Balaban J connectivity index is 1.62. The van der Waals surface area contributed by atoms with E-state index in [2.05, 4.69) is 29.2 Å². The molecule has 2 aliphatic heterocycles. The summed E-state index contributed by atoms with van der Waals surface area (Å²) >= 11 is 1.42. The number of piperazine rings is 1. The van der Waals surface area contributed by atoms with Crippen LogP contribution in [0.25, 0.3) is 0 Å². The van der Waals surface area contributed by atoms with Crippen LogP contribution < -0.4 is 10.2 Å². The summed E-state index contributed by atoms with van der Waals surface area (Å²) in [7, 11) is 2.08. The van der Waals surface area contributed by atoms with E-state index >= 15 is 0 Å². The average molecular weight is 337 g/mol. The Labute approximate surface area is 140 Å². The Hall–Kier alpha value is -1.67. The van der Waals surface area contributed by atoms with Crippen LogP contribution in [0.2, 0.25) is 0 Å². The summed E-state index contributed by atoms with van der Waals surface area (Å²) in [6.45, 7) is 6.06. The number of anilines is 1. The topological polar surface area (TPSA) is 68.8 Å². The van der Waals surface area contributed by atoms with Crippen molar-refractivity contribution in [2.75, 3.05) is 44.7 Å². The van der Waals surface area contributed by atoms with E-state index in [1.807, 2.05) is 10.3 Å². The largest absolute Gasteiger partial charge is 0.338 e. The molecule has 1 unspecified atom stereocenters. The van der Waals surface area contributed by atoms with Crippen LogP contribution in [0, 0.1) is 0 Å². The van der Waals surface area contributed by atoms with Crippen molar-refractivity contribution in [2.24, 2.45) is 0 Å². The first-order valence-electron chi connectivity index (χ1n) is 8.02. The molecule has 3 amide bonds. The number of carbonyl (C=O) groups is 2. The highest BCUT2D eigenvalue weighted by Gasteiger charge is 2.27. The minimum Gasteiger partial charge on any atom is -0.338 e. The van der Waals surface area contributed by atoms with Crippen LogP contribution >= 0.6 is 11.3 Å². The minimum atomic E-state index is -0.101. The zero-order chi connectivity index (χ0) is 16.4. The highest BCUT2D eigenvalue weighted by Crippen LogP contribution is 2.23. The Morgan fingerprint density at radius 3 is 3.00 bits per heavy atom. The fourth-order valence-corrected chi connectivity index (χ4v) is 3.93. The second kappa shape index (κ2) is 6.84. The van der Waals surface area contributed by atoms with Crippen LogP contribution in [0.5, 0.6) is 0 Å². The Morgan fingerprint density at radius 1 is 1.43 bits per heavy atom. The molecule has 0 spiro atoms. The summed E-state index contributed by atoms with van der Waals surface area (Å²) in [5, 5.41) is 5.38. The molecule has 8 heteroatoms. The number of nitrogens with one attached hydrogen (secondary N) is 1. The fourth-order valence-electron chi connectivity index (χ4n) is 3.08. The van der Waals surface area contributed by atoms with Crippen molar-refractivity contribution >= 4 is 28.4 Å². The number of amides is 3. The van der Waals surface area contributed by atoms with Crippen LogP contribution in [0.1, 0.15) is 19.0 Å². The maximum Gasteiger partial charge on any atom is 0.323 e. The maximum atomic E-state index is 12.5. The van der Waals surface area contributed by atoms with Gasteiger partial charge in [-0.05, 0) is 20.4 Å². The molecular weight excluding hydrogens is 314 g/mol. The molecule has 2 aliphatic rings. The van der Waals surface area contributed by atoms with Gasteiger partial charge in [0.1, 0.15) is 0 Å². The van der Waals surface area contributed by atoms with Crippen LogP contribution in [-0.4, -0.2) is 72.5 Å². The van der Waals surface area contributed by atoms with Crippen molar-refractivity contribution in [1.82, 2.24) is 20.1 Å². The molecule has 2 fully saturated rings. The summed E-state index contributed by atoms with van der Waals surface area (Å²) in [6, 6.07) is 0.128. The summed E-state index contributed by atoms with van der Waals surface area (Å²) in [5.74, 6) is 0.116. The molecule has 2 saturated heterocycles. The van der Waals surface area contributed by atoms with Gasteiger partial charge in [0.05, 0.1) is 12.1 Å². The Bertz CT molecular complexity index is 590. The predicted octanol–water partition coefficient (Wildman–Crippen LogP) is 0.768. The van der Waals surface area contributed by atoms with E-state index in [1.165, 1.54) is 11.3 Å². The summed E-state index contributed by atoms with van der Waals surface area (Å²) in [5.41, 5.74) is 0.750. The third kappa shape index (κ3) is 3.64. The number of aromatic nitrogens is 1. The number of carbonyl (C=O) groups excluding carboxylic acids is 2. The molecule has 1 aromatic rings. The van der Waals surface area contributed by atoms with Crippen LogP contribution in [-0.2, 0) is 11.2 Å². The number of rotatable bonds is 3. The first-order valence-corrected chi connectivity index (χ1v) is 8.90. The van der Waals surface area contributed by atoms with Gasteiger partial charge in [-0.3, -0.25) is 9.69 Å². The first-order chi connectivity index (χ1) is 11.0. The van der Waals surface area contributed by atoms with E-state index in [0.29, 0.717) is 24.6 Å². The molecule has 0 aromatic carbocycles. The number of urea groups is 1. The van der Waals surface area contributed by atoms with E-state index in [1.54, 1.807) is 4.90 Å². The van der Waals surface area contributed by atoms with Crippen LogP contribution in [0.15, 0.2) is 5.38 Å². The molecule has 0 bridgehead atoms. The van der Waals surface area contributed by atoms with Crippen molar-refractivity contribution in [1.29, 1.82) is 0 Å². The summed E-state index contributed by atoms with van der Waals surface area (Å²) in [4.78, 5) is 34.7. The van der Waals surface area contributed by atoms with Crippen molar-refractivity contribution < 1.29 is 9.59 Å². The Morgan fingerprint density at radius 2 is 2.26 bits per heavy atom. The Kier molecular flexibility index (Phi) is 4.82. The van der Waals surface area contributed by atoms with E-state index < -0.39 is 0 Å². The average Bonchev–Trinajstić information content (AvgIpc) is 2.95. The summed E-state index contributed by atoms with van der Waals surface area (Å²) in [6.07, 6.45) is 1.22. The SMILES string of the molecule is CC1CN(C)CCN1C(=O)Cc1csc(N2CCCNC2=O)n1. The van der Waals surface area contributed by atoms with Gasteiger partial charge in [-0.15, -0.1) is 11.3 Å². The third-order valence-corrected chi connectivity index (χ3v) is 5.25. The molecular formula is C15H23N5O2S. The van der Waals surface area contributed by atoms with Gasteiger partial charge in [-0.25, -0.2) is 9.78 Å². The number of nitrogens with zero attached hydrogens (tertiary/aromatic N) is 4. The number of hydrogen-bond acceptors (Lipinski definition) is 5. The number of likely N-dealkylation sites (N-methyl/N-ethyl adjacent to an activating group) is 1. The third-order valence-electron chi connectivity index (χ3n) is 4.33. The van der Waals surface area contributed by atoms with Gasteiger partial charge in [0.2, 0.25) is 5.91 Å². The van der Waals surface area contributed by atoms with Gasteiger partial charge in [0.25, 0.3) is 0 Å². The lowest BCUT2D eigenvalue weighted by atomic mass is 10.1. The molecule has 0 aliphatic carbocycles. The zero-order valence-electron chi connectivity index (χ0n) is 13.6. The van der Waals surface area contributed by atoms with Crippen molar-refractivity contribution in [3.8, 4) is 0 Å². The minimum absolute atomic E-state index is 0.101. The van der Waals surface area contributed by atoms with Crippen molar-refractivity contribution in [3.63, 3.8) is 0 Å². The normalized spacial score (nSPS) is 23.0. The van der Waals surface area contributed by atoms with Gasteiger partial charge < -0.3 is 15.1 Å². The van der Waals surface area contributed by atoms with Crippen molar-refractivity contribution in [3.05, 3.63) is 11.1 Å². The van der Waals surface area contributed by atoms with Gasteiger partial charge in [-0.1, -0.05) is 0 Å². The smallest absolute Gasteiger partial charge is 0.323 e. The molecule has 0 radical (unpaired) electrons. The molecule has 126 valence electrons. The molecule has 3 heterocycles. The first kappa shape index (κ1) is 16.2. The van der Waals surface area contributed by atoms with Gasteiger partial charge >= 0.3 is 6.03 Å². The fraction of sp³-hybridized carbons (Fsp3) is 0.667. The standard InChI is InChI=1S/C15H23N5O2S/c1-11-9-18(2)6-7-19(11)13(21)8-12-10-23-15(17-12)20-5-3-4-16-14(20)22/h10-11H,3-9H2,1-2H3,(H,16,22). The van der Waals surface area contributed by atoms with E-state index in [4.69, 9.17) is 0 Å². The van der Waals surface area contributed by atoms with Crippen LogP contribution in [0.3, 0.4) is 0 Å². The molecule has 3 rings (SSSR count). The van der Waals surface area contributed by atoms with Gasteiger partial charge in [0, 0.05) is 44.1 Å². The van der Waals surface area contributed by atoms with Gasteiger partial charge in [0.15, 0.2) is 5.13 Å². The lowest BCUT2D eigenvalue weighted by molar-refractivity contribution is -0.134. The zero-order valence-corrected chi connectivity index (χ0v) is 14.4. The monoisotopic (exact) mass is 337 g/mol. The molecule has 1 N–H and O–H groups in total. The van der Waals surface area contributed by atoms with Gasteiger partial charge in [-0.2, -0.15) is 0 Å². The van der Waals surface area contributed by atoms with E-state index in [0.717, 1.165) is 31.7 Å². The second-order valence-electron chi connectivity index (χ2n) is 6.23. The lowest BCUT2D eigenvalue weighted by Crippen LogP contribution is -2.53. The maximum absolute atomic E-state index is 12.5. The number of thiazole rings is 1. The molecule has 1 aromatic heterocycles. The van der Waals surface area contributed by atoms with E-state index in [-0.39, 0.29) is 18.0 Å². The summed E-state index contributed by atoms with van der Waals surface area (Å²) < 4.78 is 0. The quantitative estimate of drug-likeness (QED) is 0.884. The highest BCUT2D eigenvalue weighted by molar-refractivity contribution is 7.14. The van der Waals surface area contributed by atoms with Crippen molar-refractivity contribution in [2.45, 2.75) is 25.8 Å². The van der Waals surface area contributed by atoms with Crippen LogP contribution in [0.4, 0.5) is 9.93 Å². The molecule has 1 atom stereocenters. The van der Waals surface area contributed by atoms with E-state index in [9.17, 15) is 9.59 Å². The second-order valence-corrected chi connectivity index (χ2v) is 7.07. The molecule has 0 saturated carbocycles. The highest BCUT2D eigenvalue weighted by atomic mass is 32.1. The lowest BCUT2D eigenvalue weighted by Gasteiger charge is -2.38.